The van der Waals surface area contributed by atoms with E-state index in [1.54, 1.807) is 0 Å². The molecule has 44 heavy (non-hydrogen) atoms. The van der Waals surface area contributed by atoms with Gasteiger partial charge in [0.1, 0.15) is 0 Å². The topological polar surface area (TPSA) is 35.5 Å². The van der Waals surface area contributed by atoms with Crippen LogP contribution >= 0.6 is 0 Å². The van der Waals surface area contributed by atoms with E-state index in [2.05, 4.69) is 38.2 Å². The summed E-state index contributed by atoms with van der Waals surface area (Å²) >= 11 is 0. The summed E-state index contributed by atoms with van der Waals surface area (Å²) in [7, 11) is 0. The Kier molecular flexibility index (Phi) is 38.6. The number of carbonyl (C=O) groups is 1. The molecule has 0 aliphatic heterocycles. The van der Waals surface area contributed by atoms with Crippen LogP contribution < -0.4 is 0 Å². The molecule has 0 aromatic heterocycles. The summed E-state index contributed by atoms with van der Waals surface area (Å²) in [4.78, 5) is 11.7. The summed E-state index contributed by atoms with van der Waals surface area (Å²) in [6, 6.07) is 0. The minimum Gasteiger partial charge on any atom is -0.434 e. The lowest BCUT2D eigenvalue weighted by atomic mass is 10.0. The summed E-state index contributed by atoms with van der Waals surface area (Å²) in [6.07, 6.45) is 50.9. The fraction of sp³-hybridized carbons (Fsp3) is 0.878. The molecule has 0 aromatic rings. The van der Waals surface area contributed by atoms with Crippen LogP contribution in [-0.2, 0) is 9.47 Å². The molecule has 0 amide bonds. The Morgan fingerprint density at radius 1 is 0.364 bits per heavy atom. The molecule has 0 radical (unpaired) electrons. The van der Waals surface area contributed by atoms with Gasteiger partial charge in [0.2, 0.25) is 0 Å². The van der Waals surface area contributed by atoms with Crippen molar-refractivity contribution in [3.8, 4) is 0 Å². The maximum Gasteiger partial charge on any atom is 0.508 e. The predicted octanol–water partition coefficient (Wildman–Crippen LogP) is 14.8. The first-order valence-corrected chi connectivity index (χ1v) is 19.9. The van der Waals surface area contributed by atoms with Gasteiger partial charge in [-0.3, -0.25) is 0 Å². The van der Waals surface area contributed by atoms with E-state index >= 15 is 0 Å². The van der Waals surface area contributed by atoms with Gasteiger partial charge in [-0.05, 0) is 44.9 Å². The average Bonchev–Trinajstić information content (AvgIpc) is 3.03. The molecule has 3 heteroatoms. The standard InChI is InChI=1S/C41H78O3/c1-3-5-7-9-11-13-15-17-19-21-22-23-24-26-28-30-32-34-36-38-40-44-41(42)43-39-37-35-33-31-29-27-25-20-18-16-14-12-10-8-6-4-2/h12,14,18,20H,3-11,13,15-17,19,21-40H2,1-2H3/b14-12-,20-18-. The fourth-order valence-corrected chi connectivity index (χ4v) is 5.80. The highest BCUT2D eigenvalue weighted by atomic mass is 16.7. The Labute approximate surface area is 276 Å². The van der Waals surface area contributed by atoms with Crippen LogP contribution in [0.15, 0.2) is 24.3 Å². The van der Waals surface area contributed by atoms with Gasteiger partial charge >= 0.3 is 6.16 Å². The zero-order valence-electron chi connectivity index (χ0n) is 30.1. The van der Waals surface area contributed by atoms with Crippen LogP contribution in [-0.4, -0.2) is 19.4 Å². The Morgan fingerprint density at radius 3 is 1.00 bits per heavy atom. The molecule has 0 atom stereocenters. The molecule has 0 rings (SSSR count). The van der Waals surface area contributed by atoms with Gasteiger partial charge in [-0.2, -0.15) is 0 Å². The van der Waals surface area contributed by atoms with E-state index in [1.165, 1.54) is 173 Å². The van der Waals surface area contributed by atoms with E-state index in [4.69, 9.17) is 9.47 Å². The molecule has 0 aliphatic rings. The summed E-state index contributed by atoms with van der Waals surface area (Å²) < 4.78 is 10.5. The second kappa shape index (κ2) is 39.8. The number of unbranched alkanes of at least 4 members (excludes halogenated alkanes) is 28. The first-order chi connectivity index (χ1) is 21.8. The van der Waals surface area contributed by atoms with Gasteiger partial charge in [0.05, 0.1) is 13.2 Å². The lowest BCUT2D eigenvalue weighted by Crippen LogP contribution is -2.09. The highest BCUT2D eigenvalue weighted by molar-refractivity contribution is 5.59. The summed E-state index contributed by atoms with van der Waals surface area (Å²) in [6.45, 7) is 5.54. The van der Waals surface area contributed by atoms with E-state index in [-0.39, 0.29) is 0 Å². The highest BCUT2D eigenvalue weighted by Gasteiger charge is 2.03. The van der Waals surface area contributed by atoms with Crippen molar-refractivity contribution in [2.45, 2.75) is 219 Å². The molecule has 0 bridgehead atoms. The Morgan fingerprint density at radius 2 is 0.636 bits per heavy atom. The van der Waals surface area contributed by atoms with Crippen molar-refractivity contribution >= 4 is 6.16 Å². The van der Waals surface area contributed by atoms with Crippen molar-refractivity contribution in [3.63, 3.8) is 0 Å². The summed E-state index contributed by atoms with van der Waals surface area (Å²) in [5, 5.41) is 0. The Hall–Kier alpha value is -1.25. The lowest BCUT2D eigenvalue weighted by molar-refractivity contribution is 0.0529. The molecule has 0 heterocycles. The lowest BCUT2D eigenvalue weighted by Gasteiger charge is -2.06. The second-order valence-corrected chi connectivity index (χ2v) is 13.2. The molecule has 0 aliphatic carbocycles. The van der Waals surface area contributed by atoms with E-state index in [0.717, 1.165) is 32.1 Å². The number of rotatable bonds is 36. The van der Waals surface area contributed by atoms with Crippen molar-refractivity contribution < 1.29 is 14.3 Å². The molecular weight excluding hydrogens is 540 g/mol. The van der Waals surface area contributed by atoms with Crippen molar-refractivity contribution in [3.05, 3.63) is 24.3 Å². The third-order valence-corrected chi connectivity index (χ3v) is 8.78. The van der Waals surface area contributed by atoms with E-state index in [0.29, 0.717) is 13.2 Å². The molecule has 0 saturated carbocycles. The van der Waals surface area contributed by atoms with Crippen LogP contribution in [0.2, 0.25) is 0 Å². The SMILES string of the molecule is CCCCC/C=C\C/C=C\CCCCCCCCOC(=O)OCCCCCCCCCCCCCCCCCCCCCC. The second-order valence-electron chi connectivity index (χ2n) is 13.2. The summed E-state index contributed by atoms with van der Waals surface area (Å²) in [5.74, 6) is 0. The smallest absolute Gasteiger partial charge is 0.434 e. The number of hydrogen-bond donors (Lipinski definition) is 0. The molecule has 3 nitrogen and oxygen atoms in total. The van der Waals surface area contributed by atoms with E-state index < -0.39 is 6.16 Å². The maximum atomic E-state index is 11.7. The van der Waals surface area contributed by atoms with Crippen LogP contribution in [0.5, 0.6) is 0 Å². The quantitative estimate of drug-likeness (QED) is 0.0398. The Bertz CT molecular complexity index is 597. The van der Waals surface area contributed by atoms with Gasteiger partial charge < -0.3 is 9.47 Å². The van der Waals surface area contributed by atoms with E-state index in [9.17, 15) is 4.79 Å². The summed E-state index contributed by atoms with van der Waals surface area (Å²) in [5.41, 5.74) is 0. The first kappa shape index (κ1) is 42.8. The van der Waals surface area contributed by atoms with Gasteiger partial charge in [0.25, 0.3) is 0 Å². The normalized spacial score (nSPS) is 11.7. The number of hydrogen-bond acceptors (Lipinski definition) is 3. The van der Waals surface area contributed by atoms with Crippen molar-refractivity contribution in [1.29, 1.82) is 0 Å². The predicted molar refractivity (Wildman–Crippen MR) is 195 cm³/mol. The first-order valence-electron chi connectivity index (χ1n) is 19.9. The highest BCUT2D eigenvalue weighted by Crippen LogP contribution is 2.15. The van der Waals surface area contributed by atoms with Gasteiger partial charge in [0.15, 0.2) is 0 Å². The van der Waals surface area contributed by atoms with Crippen LogP contribution in [0.25, 0.3) is 0 Å². The number of allylic oxidation sites excluding steroid dienone is 4. The maximum absolute atomic E-state index is 11.7. The van der Waals surface area contributed by atoms with Crippen LogP contribution in [0.4, 0.5) is 4.79 Å². The zero-order valence-corrected chi connectivity index (χ0v) is 30.1. The third kappa shape index (κ3) is 38.8. The monoisotopic (exact) mass is 619 g/mol. The molecular formula is C41H78O3. The van der Waals surface area contributed by atoms with Crippen LogP contribution in [0, 0.1) is 0 Å². The van der Waals surface area contributed by atoms with Crippen molar-refractivity contribution in [2.24, 2.45) is 0 Å². The van der Waals surface area contributed by atoms with Crippen LogP contribution in [0.1, 0.15) is 219 Å². The minimum atomic E-state index is -0.481. The van der Waals surface area contributed by atoms with E-state index in [1.807, 2.05) is 0 Å². The average molecular weight is 619 g/mol. The van der Waals surface area contributed by atoms with Gasteiger partial charge in [0, 0.05) is 0 Å². The molecule has 0 aromatic carbocycles. The van der Waals surface area contributed by atoms with Crippen LogP contribution in [0.3, 0.4) is 0 Å². The Balaban J connectivity index is 3.19. The molecule has 0 spiro atoms. The molecule has 0 fully saturated rings. The molecule has 0 unspecified atom stereocenters. The van der Waals surface area contributed by atoms with Gasteiger partial charge in [-0.25, -0.2) is 4.79 Å². The van der Waals surface area contributed by atoms with Crippen molar-refractivity contribution in [1.82, 2.24) is 0 Å². The largest absolute Gasteiger partial charge is 0.508 e. The molecule has 0 N–H and O–H groups in total. The van der Waals surface area contributed by atoms with Gasteiger partial charge in [-0.1, -0.05) is 199 Å². The van der Waals surface area contributed by atoms with Crippen molar-refractivity contribution in [2.75, 3.05) is 13.2 Å². The number of carbonyl (C=O) groups excluding carboxylic acids is 1. The third-order valence-electron chi connectivity index (χ3n) is 8.78. The number of ether oxygens (including phenoxy) is 2. The van der Waals surface area contributed by atoms with Gasteiger partial charge in [-0.15, -0.1) is 0 Å². The molecule has 0 saturated heterocycles. The minimum absolute atomic E-state index is 0.481. The fourth-order valence-electron chi connectivity index (χ4n) is 5.80. The molecule has 260 valence electrons. The zero-order chi connectivity index (χ0) is 31.9.